The van der Waals surface area contributed by atoms with E-state index in [9.17, 15) is 22.4 Å². The summed E-state index contributed by atoms with van der Waals surface area (Å²) >= 11 is 0. The third-order valence-corrected chi connectivity index (χ3v) is 7.27. The first-order valence-corrected chi connectivity index (χ1v) is 12.5. The maximum atomic E-state index is 14.3. The number of nitrogens with zero attached hydrogens (tertiary/aromatic N) is 3. The molecule has 0 radical (unpaired) electrons. The van der Waals surface area contributed by atoms with E-state index in [0.29, 0.717) is 37.8 Å². The van der Waals surface area contributed by atoms with Crippen LogP contribution in [0.15, 0.2) is 30.5 Å². The van der Waals surface area contributed by atoms with Crippen molar-refractivity contribution in [2.75, 3.05) is 30.0 Å². The fourth-order valence-electron chi connectivity index (χ4n) is 5.35. The van der Waals surface area contributed by atoms with Gasteiger partial charge in [0, 0.05) is 17.4 Å². The zero-order valence-corrected chi connectivity index (χ0v) is 20.1. The number of hydrogen-bond acceptors (Lipinski definition) is 7. The Morgan fingerprint density at radius 1 is 1.05 bits per heavy atom. The van der Waals surface area contributed by atoms with Crippen molar-refractivity contribution in [2.24, 2.45) is 5.92 Å². The van der Waals surface area contributed by atoms with Crippen molar-refractivity contribution in [1.29, 1.82) is 0 Å². The first kappa shape index (κ1) is 25.5. The number of halogens is 4. The van der Waals surface area contributed by atoms with E-state index in [-0.39, 0.29) is 24.4 Å². The molecule has 2 atom stereocenters. The number of amides is 1. The summed E-state index contributed by atoms with van der Waals surface area (Å²) in [5.74, 6) is -2.60. The van der Waals surface area contributed by atoms with Gasteiger partial charge in [-0.2, -0.15) is 22.5 Å². The average molecular weight is 524 g/mol. The highest BCUT2D eigenvalue weighted by molar-refractivity contribution is 5.81. The van der Waals surface area contributed by atoms with E-state index >= 15 is 0 Å². The number of carbonyl (C=O) groups excluding carboxylic acids is 1. The van der Waals surface area contributed by atoms with Crippen LogP contribution in [-0.2, 0) is 9.53 Å². The SMILES string of the molecule is O=C(NC1CCC(COc2nc(Nc3ccc(N4C5CC[C@@H]4COC5)cc3)ncc2F)CC1)C(F)(F)F. The Labute approximate surface area is 211 Å². The summed E-state index contributed by atoms with van der Waals surface area (Å²) < 4.78 is 62.8. The second-order valence-electron chi connectivity index (χ2n) is 9.85. The van der Waals surface area contributed by atoms with Crippen molar-refractivity contribution in [3.05, 3.63) is 36.3 Å². The molecule has 12 heteroatoms. The van der Waals surface area contributed by atoms with Gasteiger partial charge in [0.2, 0.25) is 11.8 Å². The van der Waals surface area contributed by atoms with Gasteiger partial charge in [0.25, 0.3) is 5.88 Å². The van der Waals surface area contributed by atoms with Gasteiger partial charge in [-0.05, 0) is 68.7 Å². The van der Waals surface area contributed by atoms with Crippen LogP contribution in [0.25, 0.3) is 0 Å². The van der Waals surface area contributed by atoms with E-state index in [2.05, 4.69) is 20.2 Å². The van der Waals surface area contributed by atoms with E-state index in [1.165, 1.54) is 0 Å². The van der Waals surface area contributed by atoms with Gasteiger partial charge in [-0.25, -0.2) is 4.98 Å². The van der Waals surface area contributed by atoms with Crippen LogP contribution in [0.2, 0.25) is 0 Å². The maximum Gasteiger partial charge on any atom is 0.471 e. The van der Waals surface area contributed by atoms with Gasteiger partial charge in [0.15, 0.2) is 0 Å². The number of nitrogens with one attached hydrogen (secondary N) is 2. The largest absolute Gasteiger partial charge is 0.475 e. The van der Waals surface area contributed by atoms with Crippen molar-refractivity contribution in [2.45, 2.75) is 62.8 Å². The summed E-state index contributed by atoms with van der Waals surface area (Å²) in [6, 6.07) is 8.21. The first-order valence-electron chi connectivity index (χ1n) is 12.5. The maximum absolute atomic E-state index is 14.3. The number of alkyl halides is 3. The Morgan fingerprint density at radius 2 is 1.73 bits per heavy atom. The zero-order valence-electron chi connectivity index (χ0n) is 20.1. The molecule has 1 amide bonds. The van der Waals surface area contributed by atoms with Crippen molar-refractivity contribution in [3.8, 4) is 5.88 Å². The number of benzene rings is 1. The van der Waals surface area contributed by atoms with Crippen molar-refractivity contribution < 1.29 is 31.8 Å². The number of fused-ring (bicyclic) bond motifs is 2. The van der Waals surface area contributed by atoms with Gasteiger partial charge in [-0.1, -0.05) is 0 Å². The summed E-state index contributed by atoms with van der Waals surface area (Å²) in [6.45, 7) is 1.67. The lowest BCUT2D eigenvalue weighted by Gasteiger charge is -2.36. The second kappa shape index (κ2) is 10.7. The molecule has 1 aromatic heterocycles. The quantitative estimate of drug-likeness (QED) is 0.522. The topological polar surface area (TPSA) is 88.6 Å². The lowest BCUT2D eigenvalue weighted by Crippen LogP contribution is -2.45. The molecule has 3 heterocycles. The molecule has 200 valence electrons. The Kier molecular flexibility index (Phi) is 7.36. The van der Waals surface area contributed by atoms with Crippen LogP contribution >= 0.6 is 0 Å². The third kappa shape index (κ3) is 6.06. The molecular formula is C25H29F4N5O3. The van der Waals surface area contributed by atoms with Crippen molar-refractivity contribution in [3.63, 3.8) is 0 Å². The van der Waals surface area contributed by atoms with Gasteiger partial charge in [0.1, 0.15) is 0 Å². The molecule has 5 rings (SSSR count). The lowest BCUT2D eigenvalue weighted by molar-refractivity contribution is -0.174. The summed E-state index contributed by atoms with van der Waals surface area (Å²) in [7, 11) is 0. The number of hydrogen-bond donors (Lipinski definition) is 2. The Balaban J connectivity index is 1.13. The number of rotatable bonds is 7. The van der Waals surface area contributed by atoms with Gasteiger partial charge in [0.05, 0.1) is 38.1 Å². The van der Waals surface area contributed by atoms with Crippen LogP contribution in [0, 0.1) is 11.7 Å². The van der Waals surface area contributed by atoms with E-state index in [0.717, 1.165) is 43.6 Å². The number of ether oxygens (including phenoxy) is 2. The molecule has 2 saturated heterocycles. The summed E-state index contributed by atoms with van der Waals surface area (Å²) in [5, 5.41) is 5.09. The predicted molar refractivity (Wildman–Crippen MR) is 127 cm³/mol. The minimum Gasteiger partial charge on any atom is -0.475 e. The van der Waals surface area contributed by atoms with E-state index < -0.39 is 23.9 Å². The number of aromatic nitrogens is 2. The van der Waals surface area contributed by atoms with Crippen LogP contribution < -0.4 is 20.3 Å². The van der Waals surface area contributed by atoms with Gasteiger partial charge >= 0.3 is 12.1 Å². The summed E-state index contributed by atoms with van der Waals surface area (Å²) in [5.41, 5.74) is 1.89. The van der Waals surface area contributed by atoms with Gasteiger partial charge in [-0.3, -0.25) is 4.79 Å². The van der Waals surface area contributed by atoms with Crippen LogP contribution in [-0.4, -0.2) is 60.0 Å². The minimum absolute atomic E-state index is 0.0211. The highest BCUT2D eigenvalue weighted by Crippen LogP contribution is 2.34. The standard InChI is InChI=1S/C25H29F4N5O3/c26-21-11-30-24(32-17-5-7-18(8-6-17)34-19-9-10-20(34)14-36-13-19)33-22(21)37-12-15-1-3-16(4-2-15)31-23(35)25(27,28)29/h5-8,11,15-16,19-20H,1-4,9-10,12-14H2,(H,31,35)(H,30,32,33)/t15?,16?,19-,20?/m1/s1. The fraction of sp³-hybridized carbons (Fsp3) is 0.560. The number of anilines is 3. The monoisotopic (exact) mass is 523 g/mol. The molecule has 1 aliphatic carbocycles. The Morgan fingerprint density at radius 3 is 2.38 bits per heavy atom. The predicted octanol–water partition coefficient (Wildman–Crippen LogP) is 4.34. The molecule has 1 unspecified atom stereocenters. The smallest absolute Gasteiger partial charge is 0.471 e. The summed E-state index contributed by atoms with van der Waals surface area (Å²) in [6.07, 6.45) is 0.317. The molecule has 8 nitrogen and oxygen atoms in total. The molecule has 2 N–H and O–H groups in total. The molecule has 2 aliphatic heterocycles. The van der Waals surface area contributed by atoms with E-state index in [1.807, 2.05) is 29.6 Å². The van der Waals surface area contributed by atoms with Gasteiger partial charge < -0.3 is 25.0 Å². The van der Waals surface area contributed by atoms with Gasteiger partial charge in [-0.15, -0.1) is 0 Å². The highest BCUT2D eigenvalue weighted by atomic mass is 19.4. The normalized spacial score (nSPS) is 25.6. The molecule has 3 aliphatic rings. The van der Waals surface area contributed by atoms with E-state index in [4.69, 9.17) is 9.47 Å². The summed E-state index contributed by atoms with van der Waals surface area (Å²) in [4.78, 5) is 21.7. The molecule has 3 fully saturated rings. The fourth-order valence-corrected chi connectivity index (χ4v) is 5.35. The van der Waals surface area contributed by atoms with Crippen molar-refractivity contribution >= 4 is 23.2 Å². The van der Waals surface area contributed by atoms with Crippen LogP contribution in [0.5, 0.6) is 5.88 Å². The first-order chi connectivity index (χ1) is 17.8. The lowest BCUT2D eigenvalue weighted by atomic mass is 9.86. The highest BCUT2D eigenvalue weighted by Gasteiger charge is 2.40. The van der Waals surface area contributed by atoms with Crippen LogP contribution in [0.3, 0.4) is 0 Å². The third-order valence-electron chi connectivity index (χ3n) is 7.27. The van der Waals surface area contributed by atoms with E-state index in [1.54, 1.807) is 0 Å². The second-order valence-corrected chi connectivity index (χ2v) is 9.85. The molecule has 37 heavy (non-hydrogen) atoms. The molecule has 1 saturated carbocycles. The van der Waals surface area contributed by atoms with Crippen LogP contribution in [0.4, 0.5) is 34.9 Å². The molecule has 0 spiro atoms. The Bertz CT molecular complexity index is 1080. The molecule has 1 aromatic carbocycles. The zero-order chi connectivity index (χ0) is 26.0. The minimum atomic E-state index is -4.89. The number of morpholine rings is 1. The average Bonchev–Trinajstić information content (AvgIpc) is 3.12. The molecule has 2 bridgehead atoms. The molecular weight excluding hydrogens is 494 g/mol. The Hall–Kier alpha value is -3.15. The van der Waals surface area contributed by atoms with Crippen molar-refractivity contribution in [1.82, 2.24) is 15.3 Å². The molecule has 2 aromatic rings. The number of carbonyl (C=O) groups is 1. The van der Waals surface area contributed by atoms with Crippen LogP contribution in [0.1, 0.15) is 38.5 Å².